The SMILES string of the molecule is CCC[C@@]12O[C@H]3c4c(O)c5c(=O)c6oc7c(c(OC)c(OC)c8cc9c(c(=O)c87)=C(O)[C@]7(O)[C@H](C9)[C@H](O[C@@H]8C[C@H](O)[C@H](O)[C@@H](C)O8)[C@@H](O)[C@H](OC8CCC(O)C(C)O8)[C@@]7(O)CCC)c6c(=O)c=5c(=O)c4=C(O)[C@]1(O)[C@H]3[C@H](O[C@@H]1C[C@H](O)[C@H](O)[C@@H](C)O1)[C@@H](O)[C@@H]2OC1CCC(O)C(C)O1. The molecule has 14 rings (SSSR count). The van der Waals surface area contributed by atoms with Crippen LogP contribution in [0.15, 0.2) is 29.7 Å². The molecular weight excluding hydrogens is 1300 g/mol. The number of hydrogen-bond acceptors (Lipinski definition) is 30. The van der Waals surface area contributed by atoms with Crippen molar-refractivity contribution in [3.05, 3.63) is 79.0 Å². The first-order valence-corrected chi connectivity index (χ1v) is 33.6. The third-order valence-electron chi connectivity index (χ3n) is 22.9. The van der Waals surface area contributed by atoms with Crippen molar-refractivity contribution in [3.8, 4) is 17.2 Å². The largest absolute Gasteiger partial charge is 0.508 e. The van der Waals surface area contributed by atoms with E-state index in [4.69, 9.17) is 56.5 Å². The van der Waals surface area contributed by atoms with Gasteiger partial charge in [0.2, 0.25) is 21.7 Å². The van der Waals surface area contributed by atoms with Gasteiger partial charge in [-0.1, -0.05) is 26.7 Å². The monoisotopic (exact) mass is 1380 g/mol. The zero-order valence-corrected chi connectivity index (χ0v) is 54.9. The molecule has 5 aliphatic heterocycles. The van der Waals surface area contributed by atoms with Crippen molar-refractivity contribution in [1.82, 2.24) is 0 Å². The minimum Gasteiger partial charge on any atom is -0.508 e. The van der Waals surface area contributed by atoms with Crippen LogP contribution in [0.1, 0.15) is 123 Å². The number of fused-ring (bicyclic) bond motifs is 9. The van der Waals surface area contributed by atoms with Crippen molar-refractivity contribution in [2.24, 2.45) is 11.8 Å². The van der Waals surface area contributed by atoms with Gasteiger partial charge in [-0.2, -0.15) is 0 Å². The number of ether oxygens (including phenoxy) is 11. The van der Waals surface area contributed by atoms with Crippen LogP contribution in [0.5, 0.6) is 17.2 Å². The van der Waals surface area contributed by atoms with Gasteiger partial charge in [-0.3, -0.25) is 19.2 Å². The van der Waals surface area contributed by atoms with E-state index in [0.29, 0.717) is 0 Å². The van der Waals surface area contributed by atoms with Gasteiger partial charge in [0.25, 0.3) is 0 Å². The summed E-state index contributed by atoms with van der Waals surface area (Å²) in [6.45, 7) is 9.42. The third-order valence-corrected chi connectivity index (χ3v) is 22.9. The van der Waals surface area contributed by atoms with E-state index in [9.17, 15) is 71.5 Å². The van der Waals surface area contributed by atoms with Gasteiger partial charge in [0.1, 0.15) is 65.1 Å². The average Bonchev–Trinajstić information content (AvgIpc) is 1.45. The highest BCUT2D eigenvalue weighted by molar-refractivity contribution is 6.20. The second-order valence-corrected chi connectivity index (χ2v) is 28.3. The lowest BCUT2D eigenvalue weighted by atomic mass is 9.56. The number of benzene rings is 2. The summed E-state index contributed by atoms with van der Waals surface area (Å²) in [4.78, 5) is 63.1. The van der Waals surface area contributed by atoms with Gasteiger partial charge in [-0.25, -0.2) is 0 Å². The summed E-state index contributed by atoms with van der Waals surface area (Å²) < 4.78 is 75.0. The Hall–Kier alpha value is -5.66. The van der Waals surface area contributed by atoms with Gasteiger partial charge in [0, 0.05) is 42.6 Å². The molecule has 7 fully saturated rings. The minimum atomic E-state index is -3.02. The number of methoxy groups -OCH3 is 2. The quantitative estimate of drug-likeness (QED) is 0.0573. The first-order chi connectivity index (χ1) is 46.4. The molecule has 536 valence electrons. The van der Waals surface area contributed by atoms with Crippen LogP contribution >= 0.6 is 0 Å². The van der Waals surface area contributed by atoms with Crippen LogP contribution in [0.25, 0.3) is 44.2 Å². The van der Waals surface area contributed by atoms with Gasteiger partial charge in [0.15, 0.2) is 59.0 Å². The molecule has 6 aliphatic carbocycles. The molecule has 30 heteroatoms. The summed E-state index contributed by atoms with van der Waals surface area (Å²) >= 11 is 0. The summed E-state index contributed by atoms with van der Waals surface area (Å²) in [5, 5.41) is 164. The molecule has 30 nitrogen and oxygen atoms in total. The third kappa shape index (κ3) is 9.51. The Morgan fingerprint density at radius 1 is 0.520 bits per heavy atom. The fraction of sp³-hybridized carbons (Fsp3) is 0.676. The van der Waals surface area contributed by atoms with Crippen molar-refractivity contribution in [2.45, 2.75) is 264 Å². The zero-order valence-electron chi connectivity index (χ0n) is 54.9. The summed E-state index contributed by atoms with van der Waals surface area (Å²) in [6, 6.07) is 1.36. The van der Waals surface area contributed by atoms with E-state index in [0.717, 1.165) is 7.11 Å². The molecule has 4 bridgehead atoms. The molecule has 0 spiro atoms. The van der Waals surface area contributed by atoms with Crippen LogP contribution < -0.4 is 41.6 Å². The van der Waals surface area contributed by atoms with Gasteiger partial charge in [-0.15, -0.1) is 0 Å². The second-order valence-electron chi connectivity index (χ2n) is 28.3. The fourth-order valence-corrected chi connectivity index (χ4v) is 18.0. The molecule has 2 aromatic carbocycles. The number of rotatable bonds is 14. The van der Waals surface area contributed by atoms with Gasteiger partial charge in [0.05, 0.1) is 124 Å². The molecule has 0 radical (unpaired) electrons. The summed E-state index contributed by atoms with van der Waals surface area (Å²) in [5.41, 5.74) is -18.3. The van der Waals surface area contributed by atoms with E-state index in [-0.39, 0.29) is 80.2 Å². The maximum absolute atomic E-state index is 16.0. The Balaban J connectivity index is 0.982. The van der Waals surface area contributed by atoms with Crippen molar-refractivity contribution < 1.29 is 128 Å². The highest BCUT2D eigenvalue weighted by Crippen LogP contribution is 2.66. The van der Waals surface area contributed by atoms with E-state index >= 15 is 19.2 Å². The zero-order chi connectivity index (χ0) is 70.4. The molecule has 27 atom stereocenters. The Morgan fingerprint density at radius 2 is 1.05 bits per heavy atom. The van der Waals surface area contributed by atoms with Gasteiger partial charge in [-0.05, 0) is 71.4 Å². The minimum absolute atomic E-state index is 0.0346. The number of aliphatic hydroxyl groups is 13. The molecule has 98 heavy (non-hydrogen) atoms. The van der Waals surface area contributed by atoms with Crippen LogP contribution in [0.4, 0.5) is 0 Å². The standard InChI is InChI=1S/C68H84O30/c1-9-15-65(84)63(95-32-13-11-28(69)21(3)89-32)52(80)55(93-34-19-30(71)45(73)23(5)91-34)27-18-25-17-26-37(47(75)36(25)61(82)67(27,65)85)56-43(59(88-8)54(26)87-7)41-48(76)38-39(51(79)58(41)97-56)49(77)40-42(50(38)78)62(83)68(86)44-57(40)98-66(68,16-10-2)64(96-33-14-12-29(70)22(4)90-33)53(81)60(44)94-35-20-31(72)46(74)24(6)92-35/h17,21-24,27-35,44-46,52-53,55,57,60,63-64,69-74,77,80-86H,9-16,18-20H2,1-8H3/t21?,22?,23-,24-,27-,28?,29?,30+,31+,32?,33?,34-,35-,44-,45-,46-,52-,53-,55+,57+,60+,63+,64+,65+,66+,67-,68-/m1/s1. The van der Waals surface area contributed by atoms with E-state index in [1.165, 1.54) is 27.0 Å². The van der Waals surface area contributed by atoms with E-state index in [1.54, 1.807) is 27.7 Å². The Bertz CT molecular complexity index is 4420. The molecule has 2 saturated carbocycles. The first-order valence-electron chi connectivity index (χ1n) is 33.6. The molecule has 6 heterocycles. The lowest BCUT2D eigenvalue weighted by molar-refractivity contribution is -0.357. The smallest absolute Gasteiger partial charge is 0.233 e. The normalized spacial score (nSPS) is 42.4. The molecule has 11 aliphatic rings. The molecule has 3 aromatic rings. The van der Waals surface area contributed by atoms with Crippen LogP contribution in [0.3, 0.4) is 0 Å². The highest BCUT2D eigenvalue weighted by atomic mass is 16.7. The van der Waals surface area contributed by atoms with Gasteiger partial charge >= 0.3 is 0 Å². The second kappa shape index (κ2) is 24.5. The lowest BCUT2D eigenvalue weighted by Gasteiger charge is -2.60. The predicted octanol–water partition coefficient (Wildman–Crippen LogP) is -1.98. The number of furan rings is 1. The van der Waals surface area contributed by atoms with E-state index in [2.05, 4.69) is 0 Å². The molecule has 5 saturated heterocycles. The molecular formula is C68H84O30. The molecule has 1 aromatic heterocycles. The van der Waals surface area contributed by atoms with Crippen LogP contribution in [0, 0.1) is 22.3 Å². The highest BCUT2D eigenvalue weighted by Gasteiger charge is 2.80. The number of aromatic hydroxyl groups is 1. The fourth-order valence-electron chi connectivity index (χ4n) is 18.0. The maximum atomic E-state index is 16.0. The number of aliphatic hydroxyl groups excluding tert-OH is 10. The van der Waals surface area contributed by atoms with Crippen molar-refractivity contribution in [2.75, 3.05) is 14.2 Å². The number of hydrogen-bond donors (Lipinski definition) is 14. The summed E-state index contributed by atoms with van der Waals surface area (Å²) in [5.74, 6) is -7.46. The average molecular weight is 1380 g/mol. The summed E-state index contributed by atoms with van der Waals surface area (Å²) in [6.07, 6.45) is -30.3. The first kappa shape index (κ1) is 69.4. The molecule has 6 unspecified atom stereocenters. The van der Waals surface area contributed by atoms with Crippen LogP contribution in [-0.2, 0) is 49.1 Å². The predicted molar refractivity (Wildman–Crippen MR) is 335 cm³/mol. The molecule has 14 N–H and O–H groups in total. The van der Waals surface area contributed by atoms with E-state index in [1.807, 2.05) is 0 Å². The Kier molecular flexibility index (Phi) is 17.4. The van der Waals surface area contributed by atoms with Crippen molar-refractivity contribution in [3.63, 3.8) is 0 Å². The Morgan fingerprint density at radius 3 is 1.60 bits per heavy atom. The van der Waals surface area contributed by atoms with Crippen LogP contribution in [0.2, 0.25) is 0 Å². The van der Waals surface area contributed by atoms with Crippen LogP contribution in [-0.4, -0.2) is 231 Å². The maximum Gasteiger partial charge on any atom is 0.233 e. The summed E-state index contributed by atoms with van der Waals surface area (Å²) in [7, 11) is 2.33. The molecule has 0 amide bonds. The van der Waals surface area contributed by atoms with Crippen molar-refractivity contribution in [1.29, 1.82) is 0 Å². The van der Waals surface area contributed by atoms with Gasteiger partial charge < -0.3 is 128 Å². The lowest BCUT2D eigenvalue weighted by Crippen LogP contribution is -2.79. The topological polar surface area (TPSA) is 466 Å². The van der Waals surface area contributed by atoms with E-state index < -0.39 is 269 Å². The Labute approximate surface area is 556 Å². The van der Waals surface area contributed by atoms with Crippen molar-refractivity contribution >= 4 is 44.2 Å².